The van der Waals surface area contributed by atoms with Crippen molar-refractivity contribution in [3.05, 3.63) is 57.1 Å². The van der Waals surface area contributed by atoms with Gasteiger partial charge in [-0.05, 0) is 43.2 Å². The van der Waals surface area contributed by atoms with E-state index in [1.54, 1.807) is 20.3 Å². The molecule has 2 N–H and O–H groups in total. The van der Waals surface area contributed by atoms with Gasteiger partial charge in [0.25, 0.3) is 11.6 Å². The number of aryl methyl sites for hydroxylation is 2. The van der Waals surface area contributed by atoms with Crippen LogP contribution >= 0.6 is 0 Å². The molecule has 1 amide bonds. The SMILES string of the molecule is COc1ccc([C@H]2CCC[NH+]2CC(=O)Nc2cc(C)c(C)cc2[N+](=O)[O-])c(OC)c1. The number of nitro groups is 1. The summed E-state index contributed by atoms with van der Waals surface area (Å²) in [4.78, 5) is 24.8. The number of amides is 1. The lowest BCUT2D eigenvalue weighted by Crippen LogP contribution is -3.11. The number of hydrogen-bond acceptors (Lipinski definition) is 5. The predicted octanol–water partition coefficient (Wildman–Crippen LogP) is 2.59. The van der Waals surface area contributed by atoms with Crippen molar-refractivity contribution in [1.82, 2.24) is 0 Å². The Morgan fingerprint density at radius 2 is 1.93 bits per heavy atom. The van der Waals surface area contributed by atoms with Crippen LogP contribution in [0.1, 0.15) is 35.6 Å². The molecular weight excluding hydrogens is 386 g/mol. The fourth-order valence-corrected chi connectivity index (χ4v) is 4.06. The number of nitrogens with one attached hydrogen (secondary N) is 2. The Kier molecular flexibility index (Phi) is 6.56. The first-order valence-corrected chi connectivity index (χ1v) is 9.96. The van der Waals surface area contributed by atoms with Gasteiger partial charge in [0.15, 0.2) is 6.54 Å². The maximum atomic E-state index is 12.8. The van der Waals surface area contributed by atoms with Crippen LogP contribution in [0.5, 0.6) is 11.5 Å². The fourth-order valence-electron chi connectivity index (χ4n) is 4.06. The zero-order valence-electron chi connectivity index (χ0n) is 17.8. The predicted molar refractivity (Wildman–Crippen MR) is 113 cm³/mol. The molecule has 0 aromatic heterocycles. The molecule has 1 fully saturated rings. The summed E-state index contributed by atoms with van der Waals surface area (Å²) in [6, 6.07) is 9.01. The van der Waals surface area contributed by atoms with Gasteiger partial charge in [0, 0.05) is 25.0 Å². The molecule has 0 saturated carbocycles. The van der Waals surface area contributed by atoms with Crippen molar-refractivity contribution >= 4 is 17.3 Å². The molecule has 1 heterocycles. The molecule has 0 spiro atoms. The number of carbonyl (C=O) groups is 1. The second-order valence-electron chi connectivity index (χ2n) is 7.65. The lowest BCUT2D eigenvalue weighted by Gasteiger charge is -2.23. The van der Waals surface area contributed by atoms with E-state index in [0.717, 1.165) is 52.5 Å². The number of anilines is 1. The second-order valence-corrected chi connectivity index (χ2v) is 7.65. The summed E-state index contributed by atoms with van der Waals surface area (Å²) in [5, 5.41) is 14.1. The maximum absolute atomic E-state index is 12.8. The number of nitrogens with zero attached hydrogens (tertiary/aromatic N) is 1. The van der Waals surface area contributed by atoms with Gasteiger partial charge in [0.1, 0.15) is 23.2 Å². The minimum Gasteiger partial charge on any atom is -0.497 e. The first-order valence-electron chi connectivity index (χ1n) is 9.96. The minimum absolute atomic E-state index is 0.0868. The number of hydrogen-bond donors (Lipinski definition) is 2. The molecule has 2 aromatic carbocycles. The van der Waals surface area contributed by atoms with E-state index in [2.05, 4.69) is 5.32 Å². The molecule has 0 aliphatic carbocycles. The van der Waals surface area contributed by atoms with E-state index in [0.29, 0.717) is 0 Å². The first kappa shape index (κ1) is 21.6. The molecule has 1 aliphatic heterocycles. The van der Waals surface area contributed by atoms with Crippen molar-refractivity contribution in [2.45, 2.75) is 32.7 Å². The van der Waals surface area contributed by atoms with Crippen LogP contribution in [0.25, 0.3) is 0 Å². The zero-order valence-corrected chi connectivity index (χ0v) is 17.8. The highest BCUT2D eigenvalue weighted by Crippen LogP contribution is 2.32. The molecule has 8 heteroatoms. The number of carbonyl (C=O) groups excluding carboxylic acids is 1. The normalized spacial score (nSPS) is 18.1. The maximum Gasteiger partial charge on any atom is 0.293 e. The van der Waals surface area contributed by atoms with E-state index in [4.69, 9.17) is 9.47 Å². The Bertz CT molecular complexity index is 960. The summed E-state index contributed by atoms with van der Waals surface area (Å²) in [5.41, 5.74) is 2.90. The van der Waals surface area contributed by atoms with E-state index in [-0.39, 0.29) is 29.9 Å². The van der Waals surface area contributed by atoms with Crippen molar-refractivity contribution in [2.75, 3.05) is 32.6 Å². The summed E-state index contributed by atoms with van der Waals surface area (Å²) < 4.78 is 10.8. The van der Waals surface area contributed by atoms with Crippen molar-refractivity contribution in [3.8, 4) is 11.5 Å². The van der Waals surface area contributed by atoms with Crippen LogP contribution in [-0.2, 0) is 4.79 Å². The third-order valence-electron chi connectivity index (χ3n) is 5.77. The molecule has 0 radical (unpaired) electrons. The highest BCUT2D eigenvalue weighted by molar-refractivity contribution is 5.94. The quantitative estimate of drug-likeness (QED) is 0.536. The van der Waals surface area contributed by atoms with Gasteiger partial charge in [-0.15, -0.1) is 0 Å². The third kappa shape index (κ3) is 4.54. The summed E-state index contributed by atoms with van der Waals surface area (Å²) >= 11 is 0. The summed E-state index contributed by atoms with van der Waals surface area (Å²) in [6.07, 6.45) is 1.93. The monoisotopic (exact) mass is 414 g/mol. The Balaban J connectivity index is 1.77. The van der Waals surface area contributed by atoms with Crippen LogP contribution in [0.15, 0.2) is 30.3 Å². The average Bonchev–Trinajstić information content (AvgIpc) is 3.17. The van der Waals surface area contributed by atoms with Crippen LogP contribution in [0.3, 0.4) is 0 Å². The van der Waals surface area contributed by atoms with E-state index in [9.17, 15) is 14.9 Å². The van der Waals surface area contributed by atoms with Crippen LogP contribution in [0.2, 0.25) is 0 Å². The molecule has 160 valence electrons. The number of quaternary nitrogens is 1. The average molecular weight is 414 g/mol. The number of nitro benzene ring substituents is 1. The molecule has 2 aromatic rings. The smallest absolute Gasteiger partial charge is 0.293 e. The van der Waals surface area contributed by atoms with Crippen LogP contribution in [0.4, 0.5) is 11.4 Å². The van der Waals surface area contributed by atoms with Gasteiger partial charge in [-0.3, -0.25) is 14.9 Å². The number of benzene rings is 2. The molecule has 30 heavy (non-hydrogen) atoms. The molecule has 2 atom stereocenters. The zero-order chi connectivity index (χ0) is 21.8. The highest BCUT2D eigenvalue weighted by Gasteiger charge is 2.34. The lowest BCUT2D eigenvalue weighted by atomic mass is 10.0. The number of likely N-dealkylation sites (tertiary alicyclic amines) is 1. The van der Waals surface area contributed by atoms with Crippen molar-refractivity contribution < 1.29 is 24.1 Å². The van der Waals surface area contributed by atoms with E-state index in [1.807, 2.05) is 32.0 Å². The summed E-state index contributed by atoms with van der Waals surface area (Å²) in [5.74, 6) is 1.22. The van der Waals surface area contributed by atoms with Gasteiger partial charge < -0.3 is 19.7 Å². The number of rotatable bonds is 7. The second kappa shape index (κ2) is 9.13. The molecule has 3 rings (SSSR count). The van der Waals surface area contributed by atoms with Gasteiger partial charge in [0.2, 0.25) is 0 Å². The standard InChI is InChI=1S/C22H27N3O5/c1-14-10-18(20(25(27)28)11-15(14)2)23-22(26)13-24-9-5-6-19(24)17-8-7-16(29-3)12-21(17)30-4/h7-8,10-12,19H,5-6,9,13H2,1-4H3,(H,23,26)/p+1/t19-/m1/s1. The molecule has 1 aliphatic rings. The van der Waals surface area contributed by atoms with Crippen LogP contribution < -0.4 is 19.7 Å². The minimum atomic E-state index is -0.463. The first-order chi connectivity index (χ1) is 14.3. The molecule has 1 unspecified atom stereocenters. The van der Waals surface area contributed by atoms with E-state index in [1.165, 1.54) is 6.07 Å². The fraction of sp³-hybridized carbons (Fsp3) is 0.409. The Morgan fingerprint density at radius 1 is 1.20 bits per heavy atom. The van der Waals surface area contributed by atoms with Gasteiger partial charge in [0.05, 0.1) is 31.3 Å². The summed E-state index contributed by atoms with van der Waals surface area (Å²) in [7, 11) is 3.23. The highest BCUT2D eigenvalue weighted by atomic mass is 16.6. The van der Waals surface area contributed by atoms with E-state index >= 15 is 0 Å². The van der Waals surface area contributed by atoms with Gasteiger partial charge in [-0.2, -0.15) is 0 Å². The number of ether oxygens (including phenoxy) is 2. The molecule has 1 saturated heterocycles. The Hall–Kier alpha value is -3.13. The molecule has 8 nitrogen and oxygen atoms in total. The molecule has 0 bridgehead atoms. The largest absolute Gasteiger partial charge is 0.497 e. The van der Waals surface area contributed by atoms with Gasteiger partial charge in [-0.25, -0.2) is 0 Å². The Morgan fingerprint density at radius 3 is 2.60 bits per heavy atom. The van der Waals surface area contributed by atoms with Crippen molar-refractivity contribution in [3.63, 3.8) is 0 Å². The van der Waals surface area contributed by atoms with E-state index < -0.39 is 4.92 Å². The van der Waals surface area contributed by atoms with Crippen LogP contribution in [0, 0.1) is 24.0 Å². The lowest BCUT2D eigenvalue weighted by molar-refractivity contribution is -0.910. The number of methoxy groups -OCH3 is 2. The van der Waals surface area contributed by atoms with Crippen LogP contribution in [-0.4, -0.2) is 38.1 Å². The van der Waals surface area contributed by atoms with Crippen molar-refractivity contribution in [2.24, 2.45) is 0 Å². The third-order valence-corrected chi connectivity index (χ3v) is 5.77. The topological polar surface area (TPSA) is 95.1 Å². The Labute approximate surface area is 175 Å². The van der Waals surface area contributed by atoms with Gasteiger partial charge >= 0.3 is 0 Å². The van der Waals surface area contributed by atoms with Crippen molar-refractivity contribution in [1.29, 1.82) is 0 Å². The summed E-state index contributed by atoms with van der Waals surface area (Å²) in [6.45, 7) is 4.76. The van der Waals surface area contributed by atoms with Gasteiger partial charge in [-0.1, -0.05) is 0 Å². The molecular formula is C22H28N3O5+.